The van der Waals surface area contributed by atoms with Crippen molar-refractivity contribution in [3.63, 3.8) is 0 Å². The number of pyridine rings is 1. The summed E-state index contributed by atoms with van der Waals surface area (Å²) in [6.45, 7) is 7.82. The first-order valence-corrected chi connectivity index (χ1v) is 12.0. The molecular formula is C24H28N4OS. The van der Waals surface area contributed by atoms with Crippen LogP contribution in [0.4, 0.5) is 11.5 Å². The van der Waals surface area contributed by atoms with Crippen LogP contribution in [0.15, 0.2) is 53.4 Å². The lowest BCUT2D eigenvalue weighted by atomic mass is 10.1. The molecule has 1 unspecified atom stereocenters. The van der Waals surface area contributed by atoms with Crippen molar-refractivity contribution < 1.29 is 4.21 Å². The van der Waals surface area contributed by atoms with E-state index in [2.05, 4.69) is 59.0 Å². The highest BCUT2D eigenvalue weighted by molar-refractivity contribution is 7.85. The molecule has 0 bridgehead atoms. The minimum Gasteiger partial charge on any atom is -0.368 e. The predicted octanol–water partition coefficient (Wildman–Crippen LogP) is 3.42. The van der Waals surface area contributed by atoms with Gasteiger partial charge in [0.05, 0.1) is 16.3 Å². The molecule has 6 heteroatoms. The Bertz CT molecular complexity index is 1110. The van der Waals surface area contributed by atoms with Crippen molar-refractivity contribution in [1.82, 2.24) is 9.88 Å². The number of rotatable bonds is 2. The summed E-state index contributed by atoms with van der Waals surface area (Å²) in [5.41, 5.74) is 4.70. The van der Waals surface area contributed by atoms with Gasteiger partial charge >= 0.3 is 0 Å². The first kappa shape index (κ1) is 19.5. The first-order chi connectivity index (χ1) is 14.6. The molecule has 0 amide bonds. The van der Waals surface area contributed by atoms with Gasteiger partial charge in [-0.05, 0) is 37.7 Å². The molecule has 2 aliphatic rings. The van der Waals surface area contributed by atoms with Gasteiger partial charge in [0.1, 0.15) is 5.82 Å². The molecule has 2 aliphatic heterocycles. The fraction of sp³-hybridized carbons (Fsp3) is 0.375. The van der Waals surface area contributed by atoms with Crippen LogP contribution in [0, 0.1) is 6.92 Å². The van der Waals surface area contributed by atoms with Crippen molar-refractivity contribution in [2.24, 2.45) is 0 Å². The molecule has 156 valence electrons. The van der Waals surface area contributed by atoms with E-state index in [0.29, 0.717) is 5.75 Å². The normalized spacial score (nSPS) is 20.3. The molecular weight excluding hydrogens is 392 g/mol. The Morgan fingerprint density at radius 3 is 2.57 bits per heavy atom. The maximum Gasteiger partial charge on any atom is 0.131 e. The number of aryl methyl sites for hydroxylation is 1. The molecule has 1 saturated heterocycles. The van der Waals surface area contributed by atoms with E-state index in [1.165, 1.54) is 16.6 Å². The molecule has 0 aliphatic carbocycles. The number of fused-ring (bicyclic) bond motifs is 2. The van der Waals surface area contributed by atoms with Crippen molar-refractivity contribution in [2.45, 2.75) is 18.4 Å². The zero-order valence-corrected chi connectivity index (χ0v) is 18.5. The number of hydrogen-bond donors (Lipinski definition) is 0. The topological polar surface area (TPSA) is 39.7 Å². The lowest BCUT2D eigenvalue weighted by molar-refractivity contribution is 0.313. The first-order valence-electron chi connectivity index (χ1n) is 10.6. The van der Waals surface area contributed by atoms with Crippen molar-refractivity contribution in [3.05, 3.63) is 59.7 Å². The van der Waals surface area contributed by atoms with E-state index in [4.69, 9.17) is 4.98 Å². The van der Waals surface area contributed by atoms with Crippen molar-refractivity contribution >= 4 is 33.2 Å². The van der Waals surface area contributed by atoms with Crippen molar-refractivity contribution in [3.8, 4) is 0 Å². The average molecular weight is 421 g/mol. The molecule has 0 radical (unpaired) electrons. The highest BCUT2D eigenvalue weighted by atomic mass is 32.2. The van der Waals surface area contributed by atoms with Crippen LogP contribution in [-0.2, 0) is 17.3 Å². The predicted molar refractivity (Wildman–Crippen MR) is 125 cm³/mol. The van der Waals surface area contributed by atoms with Gasteiger partial charge in [0.2, 0.25) is 0 Å². The molecule has 30 heavy (non-hydrogen) atoms. The Labute approximate surface area is 180 Å². The summed E-state index contributed by atoms with van der Waals surface area (Å²) in [5, 5.41) is 1.22. The van der Waals surface area contributed by atoms with Crippen LogP contribution in [0.2, 0.25) is 0 Å². The van der Waals surface area contributed by atoms with Gasteiger partial charge in [-0.25, -0.2) is 4.98 Å². The monoisotopic (exact) mass is 420 g/mol. The van der Waals surface area contributed by atoms with E-state index in [9.17, 15) is 4.21 Å². The maximum absolute atomic E-state index is 12.7. The number of aromatic nitrogens is 1. The number of likely N-dealkylation sites (N-methyl/N-ethyl adjacent to an activating group) is 1. The van der Waals surface area contributed by atoms with Gasteiger partial charge in [0.25, 0.3) is 0 Å². The summed E-state index contributed by atoms with van der Waals surface area (Å²) in [6, 6.07) is 16.9. The quantitative estimate of drug-likeness (QED) is 0.635. The molecule has 2 aromatic carbocycles. The SMILES string of the molecule is Cc1ccc2nc(N3CCS(=O)c4ccccc4C3)cc(N3CCN(C)CC3)c2c1. The summed E-state index contributed by atoms with van der Waals surface area (Å²) in [6.07, 6.45) is 0. The second kappa shape index (κ2) is 8.00. The second-order valence-electron chi connectivity index (χ2n) is 8.39. The van der Waals surface area contributed by atoms with Gasteiger partial charge in [0, 0.05) is 67.1 Å². The Kier molecular flexibility index (Phi) is 5.21. The van der Waals surface area contributed by atoms with Gasteiger partial charge in [-0.2, -0.15) is 0 Å². The minimum atomic E-state index is -0.956. The molecule has 0 spiro atoms. The van der Waals surface area contributed by atoms with E-state index in [1.807, 2.05) is 18.2 Å². The van der Waals surface area contributed by atoms with Crippen molar-refractivity contribution in [2.75, 3.05) is 55.3 Å². The van der Waals surface area contributed by atoms with Gasteiger partial charge in [0.15, 0.2) is 0 Å². The number of piperazine rings is 1. The van der Waals surface area contributed by atoms with Crippen LogP contribution in [0.25, 0.3) is 10.9 Å². The highest BCUT2D eigenvalue weighted by Crippen LogP contribution is 2.33. The number of benzene rings is 2. The summed E-state index contributed by atoms with van der Waals surface area (Å²) >= 11 is 0. The van der Waals surface area contributed by atoms with Crippen LogP contribution in [0.5, 0.6) is 0 Å². The van der Waals surface area contributed by atoms with Gasteiger partial charge < -0.3 is 14.7 Å². The Balaban J connectivity index is 1.58. The number of hydrogen-bond acceptors (Lipinski definition) is 5. The summed E-state index contributed by atoms with van der Waals surface area (Å²) in [5.74, 6) is 1.61. The lowest BCUT2D eigenvalue weighted by Crippen LogP contribution is -2.44. The van der Waals surface area contributed by atoms with Crippen LogP contribution in [-0.4, -0.2) is 59.6 Å². The molecule has 3 aromatic rings. The maximum atomic E-state index is 12.7. The third-order valence-electron chi connectivity index (χ3n) is 6.22. The van der Waals surface area contributed by atoms with E-state index in [0.717, 1.165) is 61.1 Å². The third-order valence-corrected chi connectivity index (χ3v) is 7.66. The zero-order valence-electron chi connectivity index (χ0n) is 17.7. The minimum absolute atomic E-state index is 0.633. The Morgan fingerprint density at radius 2 is 1.73 bits per heavy atom. The Hall–Kier alpha value is -2.44. The largest absolute Gasteiger partial charge is 0.368 e. The Morgan fingerprint density at radius 1 is 0.933 bits per heavy atom. The van der Waals surface area contributed by atoms with E-state index in [1.54, 1.807) is 0 Å². The fourth-order valence-corrected chi connectivity index (χ4v) is 5.68. The van der Waals surface area contributed by atoms with Crippen LogP contribution < -0.4 is 9.80 Å². The molecule has 1 atom stereocenters. The molecule has 0 saturated carbocycles. The molecule has 5 nitrogen and oxygen atoms in total. The van der Waals surface area contributed by atoms with Crippen LogP contribution in [0.1, 0.15) is 11.1 Å². The van der Waals surface area contributed by atoms with Gasteiger partial charge in [-0.1, -0.05) is 29.8 Å². The van der Waals surface area contributed by atoms with Crippen molar-refractivity contribution in [1.29, 1.82) is 0 Å². The molecule has 5 rings (SSSR count). The second-order valence-corrected chi connectivity index (χ2v) is 9.93. The number of anilines is 2. The van der Waals surface area contributed by atoms with Gasteiger partial charge in [-0.3, -0.25) is 4.21 Å². The smallest absolute Gasteiger partial charge is 0.131 e. The lowest BCUT2D eigenvalue weighted by Gasteiger charge is -2.35. The van der Waals surface area contributed by atoms with Crippen LogP contribution >= 0.6 is 0 Å². The molecule has 1 fully saturated rings. The summed E-state index contributed by atoms with van der Waals surface area (Å²) < 4.78 is 12.7. The molecule has 0 N–H and O–H groups in total. The molecule has 1 aromatic heterocycles. The molecule has 3 heterocycles. The van der Waals surface area contributed by atoms with Crippen LogP contribution in [0.3, 0.4) is 0 Å². The van der Waals surface area contributed by atoms with E-state index < -0.39 is 10.8 Å². The van der Waals surface area contributed by atoms with E-state index >= 15 is 0 Å². The summed E-state index contributed by atoms with van der Waals surface area (Å²) in [7, 11) is 1.23. The van der Waals surface area contributed by atoms with Gasteiger partial charge in [-0.15, -0.1) is 0 Å². The van der Waals surface area contributed by atoms with E-state index in [-0.39, 0.29) is 0 Å². The highest BCUT2D eigenvalue weighted by Gasteiger charge is 2.23. The number of nitrogens with zero attached hydrogens (tertiary/aromatic N) is 4. The fourth-order valence-electron chi connectivity index (χ4n) is 4.42. The summed E-state index contributed by atoms with van der Waals surface area (Å²) in [4.78, 5) is 13.2. The zero-order chi connectivity index (χ0) is 20.7. The standard InChI is InChI=1S/C24H28N4OS/c1-18-7-8-21-20(15-18)22(27-11-9-26(2)10-12-27)16-24(25-21)28-13-14-30(29)23-6-4-3-5-19(23)17-28/h3-8,15-16H,9-14,17H2,1-2H3. The average Bonchev–Trinajstić information content (AvgIpc) is 2.93. The third kappa shape index (κ3) is 3.70.